The van der Waals surface area contributed by atoms with Crippen LogP contribution in [0.2, 0.25) is 0 Å². The Bertz CT molecular complexity index is 943. The van der Waals surface area contributed by atoms with Crippen LogP contribution in [0, 0.1) is 5.92 Å². The summed E-state index contributed by atoms with van der Waals surface area (Å²) in [6, 6.07) is 13.6. The van der Waals surface area contributed by atoms with Crippen LogP contribution in [0.4, 0.5) is 17.1 Å². The van der Waals surface area contributed by atoms with Crippen LogP contribution >= 0.6 is 23.2 Å². The quantitative estimate of drug-likeness (QED) is 0.770. The van der Waals surface area contributed by atoms with Crippen molar-refractivity contribution < 1.29 is 14.4 Å². The summed E-state index contributed by atoms with van der Waals surface area (Å²) in [5.74, 6) is -1.22. The first-order valence-electron chi connectivity index (χ1n) is 8.35. The third kappa shape index (κ3) is 3.50. The second kappa shape index (κ2) is 6.55. The zero-order valence-electron chi connectivity index (χ0n) is 14.0. The largest absolute Gasteiger partial charge is 0.326 e. The normalized spacial score (nSPS) is 19.7. The van der Waals surface area contributed by atoms with Gasteiger partial charge in [-0.2, -0.15) is 0 Å². The van der Waals surface area contributed by atoms with E-state index in [9.17, 15) is 14.4 Å². The Morgan fingerprint density at radius 3 is 2.44 bits per heavy atom. The van der Waals surface area contributed by atoms with E-state index in [0.717, 1.165) is 0 Å². The van der Waals surface area contributed by atoms with Gasteiger partial charge < -0.3 is 10.6 Å². The first kappa shape index (κ1) is 17.8. The summed E-state index contributed by atoms with van der Waals surface area (Å²) in [5.41, 5.74) is 2.20. The van der Waals surface area contributed by atoms with Gasteiger partial charge in [0.2, 0.25) is 11.8 Å². The summed E-state index contributed by atoms with van der Waals surface area (Å²) in [6.07, 6.45) is 0.426. The molecular weight excluding hydrogens is 389 g/mol. The van der Waals surface area contributed by atoms with Crippen LogP contribution in [0.25, 0.3) is 0 Å². The van der Waals surface area contributed by atoms with Gasteiger partial charge in [-0.05, 0) is 42.8 Å². The first-order valence-corrected chi connectivity index (χ1v) is 9.10. The molecule has 0 aromatic heterocycles. The first-order chi connectivity index (χ1) is 12.8. The molecule has 1 aliphatic heterocycles. The number of anilines is 3. The number of carbonyl (C=O) groups excluding carboxylic acids is 3. The minimum atomic E-state index is -0.984. The van der Waals surface area contributed by atoms with Gasteiger partial charge in [0.1, 0.15) is 10.9 Å². The van der Waals surface area contributed by atoms with E-state index in [0.29, 0.717) is 29.0 Å². The van der Waals surface area contributed by atoms with Crippen molar-refractivity contribution in [2.45, 2.75) is 10.8 Å². The van der Waals surface area contributed by atoms with Crippen LogP contribution in [0.15, 0.2) is 48.5 Å². The minimum Gasteiger partial charge on any atom is -0.326 e. The van der Waals surface area contributed by atoms with E-state index in [4.69, 9.17) is 23.2 Å². The number of para-hydroxylation sites is 2. The summed E-state index contributed by atoms with van der Waals surface area (Å²) in [4.78, 5) is 38.2. The van der Waals surface area contributed by atoms with Crippen LogP contribution in [0.3, 0.4) is 0 Å². The standard InChI is InChI=1S/C19H15Cl2N3O3/c20-19(21)9-13(19)17(26)22-12-7-5-11(6-8-12)18(27)24-10-16(25)23-14-3-1-2-4-15(14)24/h1-8,13H,9-10H2,(H,22,26)(H,23,25). The van der Waals surface area contributed by atoms with Crippen LogP contribution < -0.4 is 15.5 Å². The van der Waals surface area contributed by atoms with Gasteiger partial charge in [0, 0.05) is 11.3 Å². The molecule has 2 aromatic carbocycles. The number of nitrogens with zero attached hydrogens (tertiary/aromatic N) is 1. The Balaban J connectivity index is 1.50. The summed E-state index contributed by atoms with van der Waals surface area (Å²) < 4.78 is -0.984. The predicted octanol–water partition coefficient (Wildman–Crippen LogP) is 3.42. The number of nitrogens with one attached hydrogen (secondary N) is 2. The smallest absolute Gasteiger partial charge is 0.258 e. The van der Waals surface area contributed by atoms with Crippen LogP contribution in [-0.4, -0.2) is 28.6 Å². The Labute approximate surface area is 165 Å². The molecule has 0 bridgehead atoms. The van der Waals surface area contributed by atoms with Gasteiger partial charge in [-0.25, -0.2) is 0 Å². The zero-order valence-corrected chi connectivity index (χ0v) is 15.6. The van der Waals surface area contributed by atoms with Crippen molar-refractivity contribution in [3.05, 3.63) is 54.1 Å². The molecule has 0 saturated heterocycles. The van der Waals surface area contributed by atoms with Crippen LogP contribution in [0.5, 0.6) is 0 Å². The maximum atomic E-state index is 12.9. The number of benzene rings is 2. The van der Waals surface area contributed by atoms with Crippen molar-refractivity contribution in [2.75, 3.05) is 22.1 Å². The fourth-order valence-electron chi connectivity index (χ4n) is 2.99. The minimum absolute atomic E-state index is 0.0520. The molecule has 1 heterocycles. The Morgan fingerprint density at radius 2 is 1.78 bits per heavy atom. The van der Waals surface area contributed by atoms with Crippen LogP contribution in [0.1, 0.15) is 16.8 Å². The molecule has 138 valence electrons. The molecule has 2 N–H and O–H groups in total. The topological polar surface area (TPSA) is 78.5 Å². The van der Waals surface area contributed by atoms with Gasteiger partial charge in [0.05, 0.1) is 17.3 Å². The van der Waals surface area contributed by atoms with Gasteiger partial charge in [-0.15, -0.1) is 23.2 Å². The van der Waals surface area contributed by atoms with E-state index in [1.54, 1.807) is 48.5 Å². The molecule has 1 unspecified atom stereocenters. The molecule has 3 amide bonds. The number of amides is 3. The maximum Gasteiger partial charge on any atom is 0.258 e. The Morgan fingerprint density at radius 1 is 1.11 bits per heavy atom. The van der Waals surface area contributed by atoms with E-state index >= 15 is 0 Å². The molecular formula is C19H15Cl2N3O3. The predicted molar refractivity (Wildman–Crippen MR) is 104 cm³/mol. The number of carbonyl (C=O) groups is 3. The van der Waals surface area contributed by atoms with Crippen molar-refractivity contribution in [3.63, 3.8) is 0 Å². The molecule has 8 heteroatoms. The second-order valence-corrected chi connectivity index (χ2v) is 8.08. The van der Waals surface area contributed by atoms with E-state index in [1.165, 1.54) is 4.90 Å². The monoisotopic (exact) mass is 403 g/mol. The zero-order chi connectivity index (χ0) is 19.2. The number of alkyl halides is 2. The SMILES string of the molecule is O=C1CN(C(=O)c2ccc(NC(=O)C3CC3(Cl)Cl)cc2)c2ccccc2N1. The van der Waals surface area contributed by atoms with Crippen molar-refractivity contribution in [1.82, 2.24) is 0 Å². The summed E-state index contributed by atoms with van der Waals surface area (Å²) in [7, 11) is 0. The maximum absolute atomic E-state index is 12.9. The highest BCUT2D eigenvalue weighted by Gasteiger charge is 2.56. The number of halogens is 2. The molecule has 6 nitrogen and oxygen atoms in total. The fraction of sp³-hybridized carbons (Fsp3) is 0.211. The lowest BCUT2D eigenvalue weighted by atomic mass is 10.1. The van der Waals surface area contributed by atoms with Gasteiger partial charge in [0.15, 0.2) is 0 Å². The number of fused-ring (bicyclic) bond motifs is 1. The van der Waals surface area contributed by atoms with E-state index in [1.807, 2.05) is 0 Å². The lowest BCUT2D eigenvalue weighted by Crippen LogP contribution is -2.42. The molecule has 1 atom stereocenters. The third-order valence-corrected chi connectivity index (χ3v) is 5.39. The number of hydrogen-bond acceptors (Lipinski definition) is 3. The van der Waals surface area contributed by atoms with Gasteiger partial charge in [-0.3, -0.25) is 19.3 Å². The molecule has 1 aliphatic carbocycles. The van der Waals surface area contributed by atoms with Gasteiger partial charge >= 0.3 is 0 Å². The van der Waals surface area contributed by atoms with Gasteiger partial charge in [-0.1, -0.05) is 12.1 Å². The molecule has 1 fully saturated rings. The Hall–Kier alpha value is -2.57. The third-order valence-electron chi connectivity index (χ3n) is 4.56. The molecule has 1 saturated carbocycles. The molecule has 27 heavy (non-hydrogen) atoms. The average Bonchev–Trinajstić information content (AvgIpc) is 3.29. The highest BCUT2D eigenvalue weighted by atomic mass is 35.5. The fourth-order valence-corrected chi connectivity index (χ4v) is 3.50. The summed E-state index contributed by atoms with van der Waals surface area (Å²) >= 11 is 11.8. The summed E-state index contributed by atoms with van der Waals surface area (Å²) in [5, 5.41) is 5.48. The molecule has 2 aromatic rings. The highest BCUT2D eigenvalue weighted by Crippen LogP contribution is 2.53. The lowest BCUT2D eigenvalue weighted by Gasteiger charge is -2.29. The molecule has 0 spiro atoms. The average molecular weight is 404 g/mol. The summed E-state index contributed by atoms with van der Waals surface area (Å²) in [6.45, 7) is -0.0520. The molecule has 4 rings (SSSR count). The highest BCUT2D eigenvalue weighted by molar-refractivity contribution is 6.52. The van der Waals surface area contributed by atoms with Crippen molar-refractivity contribution in [3.8, 4) is 0 Å². The van der Waals surface area contributed by atoms with Crippen molar-refractivity contribution >= 4 is 58.0 Å². The van der Waals surface area contributed by atoms with Crippen molar-refractivity contribution in [2.24, 2.45) is 5.92 Å². The lowest BCUT2D eigenvalue weighted by molar-refractivity contribution is -0.117. The van der Waals surface area contributed by atoms with E-state index in [2.05, 4.69) is 10.6 Å². The molecule has 2 aliphatic rings. The van der Waals surface area contributed by atoms with Crippen LogP contribution in [-0.2, 0) is 9.59 Å². The number of hydrogen-bond donors (Lipinski definition) is 2. The van der Waals surface area contributed by atoms with Gasteiger partial charge in [0.25, 0.3) is 5.91 Å². The van der Waals surface area contributed by atoms with Crippen molar-refractivity contribution in [1.29, 1.82) is 0 Å². The molecule has 0 radical (unpaired) electrons. The Kier molecular flexibility index (Phi) is 4.32. The second-order valence-electron chi connectivity index (χ2n) is 6.54. The van der Waals surface area contributed by atoms with E-state index < -0.39 is 10.3 Å². The number of rotatable bonds is 3. The van der Waals surface area contributed by atoms with E-state index in [-0.39, 0.29) is 24.3 Å².